The number of esters is 1. The van der Waals surface area contributed by atoms with Gasteiger partial charge in [-0.2, -0.15) is 0 Å². The molecular weight excluding hydrogens is 272 g/mol. The van der Waals surface area contributed by atoms with Crippen molar-refractivity contribution in [3.8, 4) is 0 Å². The molecule has 0 saturated carbocycles. The van der Waals surface area contributed by atoms with Gasteiger partial charge in [0, 0.05) is 0 Å². The van der Waals surface area contributed by atoms with Crippen molar-refractivity contribution in [2.45, 2.75) is 80.6 Å². The Labute approximate surface area is 138 Å². The van der Waals surface area contributed by atoms with Crippen molar-refractivity contribution in [1.82, 2.24) is 0 Å². The van der Waals surface area contributed by atoms with Crippen LogP contribution in [0.25, 0.3) is 0 Å². The lowest BCUT2D eigenvalue weighted by atomic mass is 9.75. The molecular formula is C20H36O2. The molecule has 0 radical (unpaired) electrons. The molecule has 0 aliphatic carbocycles. The number of allylic oxidation sites excluding steroid dienone is 4. The fraction of sp³-hybridized carbons (Fsp3) is 0.750. The Balaban J connectivity index is 5.02. The molecule has 0 fully saturated rings. The second kappa shape index (κ2) is 10.6. The maximum Gasteiger partial charge on any atom is 0.312 e. The summed E-state index contributed by atoms with van der Waals surface area (Å²) in [4.78, 5) is 12.3. The van der Waals surface area contributed by atoms with Crippen molar-refractivity contribution in [3.63, 3.8) is 0 Å². The second-order valence-electron chi connectivity index (χ2n) is 7.02. The average molecular weight is 309 g/mol. The largest absolute Gasteiger partial charge is 0.466 e. The summed E-state index contributed by atoms with van der Waals surface area (Å²) in [6, 6.07) is 0. The maximum absolute atomic E-state index is 12.3. The first-order valence-corrected chi connectivity index (χ1v) is 8.73. The van der Waals surface area contributed by atoms with E-state index in [1.165, 1.54) is 11.1 Å². The summed E-state index contributed by atoms with van der Waals surface area (Å²) in [5, 5.41) is 0. The molecule has 0 aromatic carbocycles. The molecule has 0 aromatic heterocycles. The van der Waals surface area contributed by atoms with Crippen LogP contribution in [0.1, 0.15) is 80.6 Å². The van der Waals surface area contributed by atoms with Crippen LogP contribution in [0.4, 0.5) is 0 Å². The van der Waals surface area contributed by atoms with E-state index in [0.29, 0.717) is 6.61 Å². The van der Waals surface area contributed by atoms with Gasteiger partial charge in [0.25, 0.3) is 0 Å². The number of hydrogen-bond acceptors (Lipinski definition) is 2. The van der Waals surface area contributed by atoms with Crippen LogP contribution in [0.5, 0.6) is 0 Å². The summed E-state index contributed by atoms with van der Waals surface area (Å²) >= 11 is 0. The number of hydrogen-bond donors (Lipinski definition) is 0. The highest BCUT2D eigenvalue weighted by Crippen LogP contribution is 2.34. The summed E-state index contributed by atoms with van der Waals surface area (Å²) in [6.45, 7) is 15.0. The van der Waals surface area contributed by atoms with E-state index < -0.39 is 5.41 Å². The lowest BCUT2D eigenvalue weighted by molar-refractivity contribution is -0.155. The van der Waals surface area contributed by atoms with Crippen LogP contribution in [-0.4, -0.2) is 12.6 Å². The molecule has 1 atom stereocenters. The highest BCUT2D eigenvalue weighted by molar-refractivity contribution is 5.76. The Kier molecular flexibility index (Phi) is 10.1. The lowest BCUT2D eigenvalue weighted by Gasteiger charge is -2.30. The molecule has 1 unspecified atom stereocenters. The fourth-order valence-corrected chi connectivity index (χ4v) is 2.56. The third kappa shape index (κ3) is 7.82. The van der Waals surface area contributed by atoms with Gasteiger partial charge in [-0.05, 0) is 66.7 Å². The normalized spacial score (nSPS) is 13.7. The van der Waals surface area contributed by atoms with Crippen LogP contribution in [0.3, 0.4) is 0 Å². The molecule has 0 aliphatic rings. The first kappa shape index (κ1) is 20.9. The van der Waals surface area contributed by atoms with Crippen LogP contribution in [0, 0.1) is 11.3 Å². The van der Waals surface area contributed by atoms with E-state index in [0.717, 1.165) is 32.1 Å². The third-order valence-electron chi connectivity index (χ3n) is 4.17. The molecule has 0 spiro atoms. The molecule has 0 amide bonds. The van der Waals surface area contributed by atoms with Crippen LogP contribution in [0.2, 0.25) is 0 Å². The highest BCUT2D eigenvalue weighted by atomic mass is 16.5. The predicted octanol–water partition coefficient (Wildman–Crippen LogP) is 6.07. The Bertz CT molecular complexity index is 385. The quantitative estimate of drug-likeness (QED) is 0.361. The molecule has 0 bridgehead atoms. The van der Waals surface area contributed by atoms with Gasteiger partial charge in [0.2, 0.25) is 0 Å². The van der Waals surface area contributed by atoms with Gasteiger partial charge >= 0.3 is 5.97 Å². The van der Waals surface area contributed by atoms with Gasteiger partial charge in [-0.25, -0.2) is 0 Å². The molecule has 0 N–H and O–H groups in total. The van der Waals surface area contributed by atoms with Crippen LogP contribution in [-0.2, 0) is 9.53 Å². The first-order valence-electron chi connectivity index (χ1n) is 8.73. The van der Waals surface area contributed by atoms with Crippen LogP contribution < -0.4 is 0 Å². The molecule has 128 valence electrons. The minimum absolute atomic E-state index is 0.0792. The summed E-state index contributed by atoms with van der Waals surface area (Å²) in [6.07, 6.45) is 10.1. The van der Waals surface area contributed by atoms with Gasteiger partial charge in [0.1, 0.15) is 0 Å². The molecule has 0 heterocycles. The fourth-order valence-electron chi connectivity index (χ4n) is 2.56. The smallest absolute Gasteiger partial charge is 0.312 e. The monoisotopic (exact) mass is 308 g/mol. The number of ether oxygens (including phenoxy) is 1. The molecule has 0 rings (SSSR count). The van der Waals surface area contributed by atoms with Crippen LogP contribution >= 0.6 is 0 Å². The van der Waals surface area contributed by atoms with Gasteiger partial charge < -0.3 is 4.74 Å². The second-order valence-corrected chi connectivity index (χ2v) is 7.02. The summed E-state index contributed by atoms with van der Waals surface area (Å²) in [5.41, 5.74) is 2.28. The number of unbranched alkanes of at least 4 members (excludes halogenated alkanes) is 1. The van der Waals surface area contributed by atoms with Crippen molar-refractivity contribution >= 4 is 5.97 Å². The van der Waals surface area contributed by atoms with Gasteiger partial charge in [-0.15, -0.1) is 0 Å². The molecule has 22 heavy (non-hydrogen) atoms. The Morgan fingerprint density at radius 1 is 1.18 bits per heavy atom. The highest BCUT2D eigenvalue weighted by Gasteiger charge is 2.36. The maximum atomic E-state index is 12.3. The SMILES string of the molecule is CCCCC(/C=C(\C)CCC=C(C)C)C(C)(C)C(=O)OCC. The van der Waals surface area contributed by atoms with E-state index in [1.807, 2.05) is 20.8 Å². The number of rotatable bonds is 10. The zero-order chi connectivity index (χ0) is 17.2. The summed E-state index contributed by atoms with van der Waals surface area (Å²) in [5.74, 6) is 0.169. The summed E-state index contributed by atoms with van der Waals surface area (Å²) in [7, 11) is 0. The number of carbonyl (C=O) groups excluding carboxylic acids is 1. The molecule has 0 aliphatic heterocycles. The van der Waals surface area contributed by atoms with Crippen molar-refractivity contribution in [2.75, 3.05) is 6.61 Å². The van der Waals surface area contributed by atoms with E-state index >= 15 is 0 Å². The third-order valence-corrected chi connectivity index (χ3v) is 4.17. The molecule has 2 heteroatoms. The first-order chi connectivity index (χ1) is 10.3. The van der Waals surface area contributed by atoms with Gasteiger partial charge in [-0.1, -0.05) is 43.1 Å². The standard InChI is InChI=1S/C20H36O2/c1-8-10-14-18(20(6,7)19(21)22-9-2)15-17(5)13-11-12-16(3)4/h12,15,18H,8-11,13-14H2,1-7H3/b17-15+. The number of carbonyl (C=O) groups is 1. The van der Waals surface area contributed by atoms with Crippen molar-refractivity contribution in [3.05, 3.63) is 23.3 Å². The Hall–Kier alpha value is -1.05. The van der Waals surface area contributed by atoms with E-state index in [4.69, 9.17) is 4.74 Å². The van der Waals surface area contributed by atoms with Gasteiger partial charge in [0.15, 0.2) is 0 Å². The van der Waals surface area contributed by atoms with E-state index in [9.17, 15) is 4.79 Å². The van der Waals surface area contributed by atoms with Crippen molar-refractivity contribution in [1.29, 1.82) is 0 Å². The molecule has 0 saturated heterocycles. The predicted molar refractivity (Wildman–Crippen MR) is 95.9 cm³/mol. The zero-order valence-electron chi connectivity index (χ0n) is 15.8. The average Bonchev–Trinajstić information content (AvgIpc) is 2.43. The van der Waals surface area contributed by atoms with E-state index in [2.05, 4.69) is 39.8 Å². The van der Waals surface area contributed by atoms with Gasteiger partial charge in [-0.3, -0.25) is 4.79 Å². The van der Waals surface area contributed by atoms with E-state index in [1.54, 1.807) is 0 Å². The topological polar surface area (TPSA) is 26.3 Å². The minimum atomic E-state index is -0.455. The summed E-state index contributed by atoms with van der Waals surface area (Å²) < 4.78 is 5.28. The zero-order valence-corrected chi connectivity index (χ0v) is 15.8. The van der Waals surface area contributed by atoms with E-state index in [-0.39, 0.29) is 11.9 Å². The molecule has 2 nitrogen and oxygen atoms in total. The minimum Gasteiger partial charge on any atom is -0.466 e. The Morgan fingerprint density at radius 2 is 1.82 bits per heavy atom. The van der Waals surface area contributed by atoms with Crippen molar-refractivity contribution in [2.24, 2.45) is 11.3 Å². The van der Waals surface area contributed by atoms with Gasteiger partial charge in [0.05, 0.1) is 12.0 Å². The van der Waals surface area contributed by atoms with Crippen LogP contribution in [0.15, 0.2) is 23.3 Å². The molecule has 0 aromatic rings. The lowest BCUT2D eigenvalue weighted by Crippen LogP contribution is -2.34. The Morgan fingerprint density at radius 3 is 2.32 bits per heavy atom. The van der Waals surface area contributed by atoms with Crippen molar-refractivity contribution < 1.29 is 9.53 Å².